The molecule has 0 atom stereocenters. The van der Waals surface area contributed by atoms with Gasteiger partial charge in [-0.05, 0) is 20.8 Å². The molecule has 2 heteroatoms. The third-order valence-corrected chi connectivity index (χ3v) is 6.12. The van der Waals surface area contributed by atoms with Crippen molar-refractivity contribution in [2.75, 3.05) is 12.3 Å². The Balaban J connectivity index is 2.58. The van der Waals surface area contributed by atoms with Crippen LogP contribution in [0.25, 0.3) is 0 Å². The summed E-state index contributed by atoms with van der Waals surface area (Å²) in [6, 6.07) is 0. The minimum absolute atomic E-state index is 0.438. The number of rotatable bonds is 0. The van der Waals surface area contributed by atoms with Crippen molar-refractivity contribution in [1.29, 1.82) is 0 Å². The molecule has 48 valence electrons. The van der Waals surface area contributed by atoms with Gasteiger partial charge in [-0.2, -0.15) is 0 Å². The van der Waals surface area contributed by atoms with Gasteiger partial charge in [-0.3, -0.25) is 0 Å². The van der Waals surface area contributed by atoms with Crippen molar-refractivity contribution in [3.05, 3.63) is 0 Å². The molecule has 1 heterocycles. The maximum Gasteiger partial charge on any atom is 0.110 e. The van der Waals surface area contributed by atoms with Gasteiger partial charge in [-0.15, -0.1) is 0 Å². The summed E-state index contributed by atoms with van der Waals surface area (Å²) in [6.45, 7) is 6.77. The topological polar surface area (TPSA) is 26.0 Å². The Hall–Kier alpha value is 0.390. The lowest BCUT2D eigenvalue weighted by molar-refractivity contribution is 0.782. The van der Waals surface area contributed by atoms with E-state index in [4.69, 9.17) is 5.50 Å². The molecule has 2 N–H and O–H groups in total. The molecule has 1 saturated heterocycles. The fraction of sp³-hybridized carbons (Fsp3) is 1.00. The summed E-state index contributed by atoms with van der Waals surface area (Å²) in [5, 5.41) is 0.438. The molecule has 8 heavy (non-hydrogen) atoms. The van der Waals surface area contributed by atoms with E-state index in [9.17, 15) is 0 Å². The second kappa shape index (κ2) is 1.46. The van der Waals surface area contributed by atoms with Crippen LogP contribution in [0.3, 0.4) is 0 Å². The van der Waals surface area contributed by atoms with Crippen molar-refractivity contribution in [2.45, 2.75) is 25.9 Å². The molecule has 0 amide bonds. The van der Waals surface area contributed by atoms with Crippen LogP contribution in [-0.2, 0) is 0 Å². The molecular formula is C6H15NP+. The third-order valence-electron chi connectivity index (χ3n) is 2.04. The first-order valence-corrected chi connectivity index (χ1v) is 5.34. The van der Waals surface area contributed by atoms with E-state index in [-0.39, 0.29) is 0 Å². The third kappa shape index (κ3) is 0.897. The summed E-state index contributed by atoms with van der Waals surface area (Å²) in [7, 11) is -0.850. The minimum Gasteiger partial charge on any atom is -0.204 e. The van der Waals surface area contributed by atoms with Crippen LogP contribution in [0.4, 0.5) is 0 Å². The molecule has 0 aromatic carbocycles. The van der Waals surface area contributed by atoms with E-state index in [1.54, 1.807) is 0 Å². The molecule has 0 aromatic heterocycles. The number of nitrogens with two attached hydrogens (primary N) is 1. The Labute approximate surface area is 52.0 Å². The zero-order valence-electron chi connectivity index (χ0n) is 5.94. The smallest absolute Gasteiger partial charge is 0.110 e. The van der Waals surface area contributed by atoms with E-state index in [1.165, 1.54) is 12.3 Å². The van der Waals surface area contributed by atoms with Gasteiger partial charge in [0.15, 0.2) is 0 Å². The van der Waals surface area contributed by atoms with E-state index < -0.39 is 7.41 Å². The van der Waals surface area contributed by atoms with Crippen LogP contribution >= 0.6 is 7.41 Å². The quantitative estimate of drug-likeness (QED) is 0.499. The number of hydrogen-bond acceptors (Lipinski definition) is 1. The van der Waals surface area contributed by atoms with Crippen LogP contribution in [0, 0.1) is 0 Å². The molecule has 0 aromatic rings. The molecule has 0 unspecified atom stereocenters. The Morgan fingerprint density at radius 2 is 1.62 bits per heavy atom. The van der Waals surface area contributed by atoms with Crippen LogP contribution in [-0.4, -0.2) is 17.5 Å². The molecule has 1 aliphatic rings. The molecule has 0 aliphatic carbocycles. The van der Waals surface area contributed by atoms with Gasteiger partial charge in [0.25, 0.3) is 0 Å². The van der Waals surface area contributed by atoms with Crippen LogP contribution < -0.4 is 5.50 Å². The van der Waals surface area contributed by atoms with Crippen molar-refractivity contribution >= 4 is 7.41 Å². The van der Waals surface area contributed by atoms with Gasteiger partial charge >= 0.3 is 0 Å². The fourth-order valence-electron chi connectivity index (χ4n) is 0.779. The zero-order chi connectivity index (χ0) is 6.41. The molecule has 0 spiro atoms. The SMILES string of the molecule is CC(C)(C)[P+]1(N)CC1. The molecule has 0 saturated carbocycles. The van der Waals surface area contributed by atoms with E-state index >= 15 is 0 Å². The largest absolute Gasteiger partial charge is 0.204 e. The van der Waals surface area contributed by atoms with Crippen molar-refractivity contribution in [2.24, 2.45) is 5.50 Å². The summed E-state index contributed by atoms with van der Waals surface area (Å²) in [5.41, 5.74) is 6.03. The Morgan fingerprint density at radius 1 is 1.25 bits per heavy atom. The van der Waals surface area contributed by atoms with E-state index in [2.05, 4.69) is 20.8 Å². The van der Waals surface area contributed by atoms with Crippen molar-refractivity contribution < 1.29 is 0 Å². The highest BCUT2D eigenvalue weighted by molar-refractivity contribution is 7.81. The lowest BCUT2D eigenvalue weighted by Crippen LogP contribution is -2.17. The Kier molecular flexibility index (Phi) is 1.19. The highest BCUT2D eigenvalue weighted by Crippen LogP contribution is 2.73. The summed E-state index contributed by atoms with van der Waals surface area (Å²) in [6.07, 6.45) is 2.66. The summed E-state index contributed by atoms with van der Waals surface area (Å²) in [5.74, 6) is 0. The molecule has 0 radical (unpaired) electrons. The van der Waals surface area contributed by atoms with Gasteiger partial charge in [0.2, 0.25) is 0 Å². The monoisotopic (exact) mass is 132 g/mol. The van der Waals surface area contributed by atoms with Gasteiger partial charge in [0.1, 0.15) is 12.3 Å². The fourth-order valence-corrected chi connectivity index (χ4v) is 2.98. The lowest BCUT2D eigenvalue weighted by Gasteiger charge is -2.18. The zero-order valence-corrected chi connectivity index (χ0v) is 6.83. The maximum absolute atomic E-state index is 6.03. The Bertz CT molecular complexity index is 96.3. The summed E-state index contributed by atoms with van der Waals surface area (Å²) in [4.78, 5) is 0. The first-order valence-electron chi connectivity index (χ1n) is 3.11. The van der Waals surface area contributed by atoms with Crippen molar-refractivity contribution in [3.8, 4) is 0 Å². The van der Waals surface area contributed by atoms with Crippen molar-refractivity contribution in [3.63, 3.8) is 0 Å². The predicted molar refractivity (Wildman–Crippen MR) is 40.6 cm³/mol. The van der Waals surface area contributed by atoms with Gasteiger partial charge < -0.3 is 0 Å². The van der Waals surface area contributed by atoms with Crippen LogP contribution in [0.2, 0.25) is 0 Å². The van der Waals surface area contributed by atoms with Gasteiger partial charge in [-0.25, -0.2) is 5.50 Å². The lowest BCUT2D eigenvalue weighted by atomic mass is 10.3. The summed E-state index contributed by atoms with van der Waals surface area (Å²) < 4.78 is 0. The predicted octanol–water partition coefficient (Wildman–Crippen LogP) is 1.69. The van der Waals surface area contributed by atoms with Crippen LogP contribution in [0.5, 0.6) is 0 Å². The normalized spacial score (nSPS) is 25.5. The molecule has 1 nitrogen and oxygen atoms in total. The molecule has 0 bridgehead atoms. The highest BCUT2D eigenvalue weighted by Gasteiger charge is 2.57. The van der Waals surface area contributed by atoms with Gasteiger partial charge in [0, 0.05) is 0 Å². The Morgan fingerprint density at radius 3 is 1.62 bits per heavy atom. The minimum atomic E-state index is -0.850. The second-order valence-corrected chi connectivity index (χ2v) is 7.96. The number of hydrogen-bond donors (Lipinski definition) is 1. The first-order chi connectivity index (χ1) is 3.46. The molecule has 1 aliphatic heterocycles. The average molecular weight is 132 g/mol. The summed E-state index contributed by atoms with van der Waals surface area (Å²) >= 11 is 0. The highest BCUT2D eigenvalue weighted by atomic mass is 31.2. The van der Waals surface area contributed by atoms with E-state index in [1.807, 2.05) is 0 Å². The van der Waals surface area contributed by atoms with Gasteiger partial charge in [-0.1, -0.05) is 0 Å². The van der Waals surface area contributed by atoms with E-state index in [0.717, 1.165) is 0 Å². The molecule has 1 rings (SSSR count). The maximum atomic E-state index is 6.03. The van der Waals surface area contributed by atoms with Crippen molar-refractivity contribution in [1.82, 2.24) is 0 Å². The van der Waals surface area contributed by atoms with Crippen LogP contribution in [0.15, 0.2) is 0 Å². The second-order valence-electron chi connectivity index (χ2n) is 3.65. The van der Waals surface area contributed by atoms with Crippen LogP contribution in [0.1, 0.15) is 20.8 Å². The van der Waals surface area contributed by atoms with Gasteiger partial charge in [0.05, 0.1) is 12.6 Å². The molecule has 1 fully saturated rings. The average Bonchev–Trinajstić information content (AvgIpc) is 2.16. The first kappa shape index (κ1) is 6.51. The standard InChI is InChI=1S/C6H15NP/c1-6(2,3)8(7)4-5-8/h4-5,7H2,1-3H3/q+1. The van der Waals surface area contributed by atoms with E-state index in [0.29, 0.717) is 5.16 Å². The molecular weight excluding hydrogens is 117 g/mol.